The van der Waals surface area contributed by atoms with Crippen LogP contribution >= 0.6 is 22.6 Å². The van der Waals surface area contributed by atoms with Gasteiger partial charge in [-0.15, -0.1) is 0 Å². The first kappa shape index (κ1) is 20.6. The molecule has 0 aromatic heterocycles. The van der Waals surface area contributed by atoms with Gasteiger partial charge in [0.1, 0.15) is 11.4 Å². The lowest BCUT2D eigenvalue weighted by Crippen LogP contribution is -2.30. The van der Waals surface area contributed by atoms with Gasteiger partial charge in [-0.2, -0.15) is 0 Å². The van der Waals surface area contributed by atoms with Gasteiger partial charge in [0, 0.05) is 14.8 Å². The summed E-state index contributed by atoms with van der Waals surface area (Å²) in [7, 11) is 1.59. The molecular weight excluding hydrogens is 479 g/mol. The topological polar surface area (TPSA) is 67.4 Å². The summed E-state index contributed by atoms with van der Waals surface area (Å²) in [4.78, 5) is 25.5. The molecular formula is C23H19IN2O3. The minimum absolute atomic E-state index is 0.141. The molecule has 0 unspecified atom stereocenters. The van der Waals surface area contributed by atoms with Crippen LogP contribution in [0.2, 0.25) is 0 Å². The van der Waals surface area contributed by atoms with Crippen molar-refractivity contribution in [2.24, 2.45) is 0 Å². The van der Waals surface area contributed by atoms with Gasteiger partial charge >= 0.3 is 0 Å². The number of hydrogen-bond acceptors (Lipinski definition) is 3. The second kappa shape index (κ2) is 9.88. The number of ether oxygens (including phenoxy) is 1. The molecule has 0 fully saturated rings. The number of anilines is 1. The van der Waals surface area contributed by atoms with Gasteiger partial charge in [-0.3, -0.25) is 9.59 Å². The van der Waals surface area contributed by atoms with Crippen LogP contribution in [-0.4, -0.2) is 18.9 Å². The van der Waals surface area contributed by atoms with Gasteiger partial charge in [-0.1, -0.05) is 30.3 Å². The molecule has 6 heteroatoms. The van der Waals surface area contributed by atoms with E-state index in [9.17, 15) is 9.59 Å². The number of hydrogen-bond donors (Lipinski definition) is 2. The second-order valence-electron chi connectivity index (χ2n) is 6.11. The zero-order valence-electron chi connectivity index (χ0n) is 15.7. The Hall–Kier alpha value is -3.13. The number of nitrogens with one attached hydrogen (secondary N) is 2. The van der Waals surface area contributed by atoms with Gasteiger partial charge in [0.05, 0.1) is 7.11 Å². The monoisotopic (exact) mass is 498 g/mol. The Morgan fingerprint density at radius 1 is 0.897 bits per heavy atom. The Balaban J connectivity index is 1.86. The van der Waals surface area contributed by atoms with E-state index < -0.39 is 5.91 Å². The minimum Gasteiger partial charge on any atom is -0.497 e. The normalized spacial score (nSPS) is 10.9. The summed E-state index contributed by atoms with van der Waals surface area (Å²) in [6.07, 6.45) is 1.63. The van der Waals surface area contributed by atoms with Gasteiger partial charge in [0.2, 0.25) is 0 Å². The van der Waals surface area contributed by atoms with Gasteiger partial charge in [0.15, 0.2) is 0 Å². The SMILES string of the molecule is COc1ccc(C=C(NC(=O)c2ccccc2)C(=O)Nc2ccc(I)cc2)cc1. The predicted octanol–water partition coefficient (Wildman–Crippen LogP) is 4.71. The van der Waals surface area contributed by atoms with Crippen LogP contribution in [0.15, 0.2) is 84.6 Å². The van der Waals surface area contributed by atoms with Crippen molar-refractivity contribution in [1.82, 2.24) is 5.32 Å². The van der Waals surface area contributed by atoms with E-state index >= 15 is 0 Å². The van der Waals surface area contributed by atoms with E-state index in [0.717, 1.165) is 9.13 Å². The summed E-state index contributed by atoms with van der Waals surface area (Å²) in [5, 5.41) is 5.54. The van der Waals surface area contributed by atoms with Crippen LogP contribution < -0.4 is 15.4 Å². The van der Waals surface area contributed by atoms with E-state index in [1.54, 1.807) is 49.6 Å². The molecule has 0 saturated carbocycles. The molecule has 0 spiro atoms. The van der Waals surface area contributed by atoms with Crippen LogP contribution in [0.1, 0.15) is 15.9 Å². The molecule has 0 heterocycles. The fourth-order valence-electron chi connectivity index (χ4n) is 2.54. The number of carbonyl (C=O) groups is 2. The van der Waals surface area contributed by atoms with E-state index in [1.807, 2.05) is 42.5 Å². The van der Waals surface area contributed by atoms with Crippen LogP contribution in [0.5, 0.6) is 5.75 Å². The fourth-order valence-corrected chi connectivity index (χ4v) is 2.90. The Bertz CT molecular complexity index is 1010. The highest BCUT2D eigenvalue weighted by molar-refractivity contribution is 14.1. The lowest BCUT2D eigenvalue weighted by molar-refractivity contribution is -0.113. The molecule has 2 N–H and O–H groups in total. The number of halogens is 1. The molecule has 3 aromatic carbocycles. The van der Waals surface area contributed by atoms with Crippen LogP contribution in [0.3, 0.4) is 0 Å². The molecule has 29 heavy (non-hydrogen) atoms. The first-order valence-electron chi connectivity index (χ1n) is 8.84. The Labute approximate surface area is 182 Å². The predicted molar refractivity (Wildman–Crippen MR) is 123 cm³/mol. The van der Waals surface area contributed by atoms with Crippen LogP contribution in [-0.2, 0) is 4.79 Å². The number of carbonyl (C=O) groups excluding carboxylic acids is 2. The largest absolute Gasteiger partial charge is 0.497 e. The van der Waals surface area contributed by atoms with Gasteiger partial charge in [-0.25, -0.2) is 0 Å². The summed E-state index contributed by atoms with van der Waals surface area (Å²) < 4.78 is 6.22. The maximum atomic E-state index is 12.9. The van der Waals surface area contributed by atoms with Crippen LogP contribution in [0.25, 0.3) is 6.08 Å². The average molecular weight is 498 g/mol. The van der Waals surface area contributed by atoms with Crippen molar-refractivity contribution < 1.29 is 14.3 Å². The smallest absolute Gasteiger partial charge is 0.272 e. The number of benzene rings is 3. The highest BCUT2D eigenvalue weighted by Crippen LogP contribution is 2.16. The third-order valence-corrected chi connectivity index (χ3v) is 4.78. The van der Waals surface area contributed by atoms with E-state index in [2.05, 4.69) is 33.2 Å². The molecule has 5 nitrogen and oxygen atoms in total. The molecule has 0 saturated heterocycles. The summed E-state index contributed by atoms with van der Waals surface area (Å²) in [6, 6.07) is 23.4. The third kappa shape index (κ3) is 5.92. The van der Waals surface area contributed by atoms with Crippen molar-refractivity contribution in [2.75, 3.05) is 12.4 Å². The zero-order chi connectivity index (χ0) is 20.6. The second-order valence-corrected chi connectivity index (χ2v) is 7.36. The molecule has 2 amide bonds. The van der Waals surface area contributed by atoms with Crippen molar-refractivity contribution in [3.63, 3.8) is 0 Å². The molecule has 0 atom stereocenters. The average Bonchev–Trinajstić information content (AvgIpc) is 2.76. The fraction of sp³-hybridized carbons (Fsp3) is 0.0435. The van der Waals surface area contributed by atoms with Gasteiger partial charge in [-0.05, 0) is 82.8 Å². The molecule has 0 aliphatic heterocycles. The van der Waals surface area contributed by atoms with Crippen LogP contribution in [0.4, 0.5) is 5.69 Å². The summed E-state index contributed by atoms with van der Waals surface area (Å²) in [5.41, 5.74) is 2.01. The maximum absolute atomic E-state index is 12.9. The molecule has 3 rings (SSSR count). The van der Waals surface area contributed by atoms with E-state index in [-0.39, 0.29) is 11.6 Å². The Morgan fingerprint density at radius 3 is 2.17 bits per heavy atom. The minimum atomic E-state index is -0.411. The van der Waals surface area contributed by atoms with Gasteiger partial charge in [0.25, 0.3) is 11.8 Å². The molecule has 146 valence electrons. The van der Waals surface area contributed by atoms with E-state index in [0.29, 0.717) is 17.0 Å². The Morgan fingerprint density at radius 2 is 1.55 bits per heavy atom. The number of methoxy groups -OCH3 is 1. The van der Waals surface area contributed by atoms with E-state index in [1.165, 1.54) is 0 Å². The molecule has 0 radical (unpaired) electrons. The third-order valence-electron chi connectivity index (χ3n) is 4.06. The Kier molecular flexibility index (Phi) is 7.02. The van der Waals surface area contributed by atoms with Gasteiger partial charge < -0.3 is 15.4 Å². The lowest BCUT2D eigenvalue weighted by Gasteiger charge is -2.12. The highest BCUT2D eigenvalue weighted by Gasteiger charge is 2.15. The van der Waals surface area contributed by atoms with E-state index in [4.69, 9.17) is 4.74 Å². The van der Waals surface area contributed by atoms with Crippen molar-refractivity contribution >= 4 is 46.2 Å². The standard InChI is InChI=1S/C23H19IN2O3/c1-29-20-13-7-16(8-14-20)15-21(26-22(27)17-5-3-2-4-6-17)23(28)25-19-11-9-18(24)10-12-19/h2-15H,1H3,(H,25,28)(H,26,27). The van der Waals surface area contributed by atoms with Crippen LogP contribution in [0, 0.1) is 3.57 Å². The number of amides is 2. The molecule has 0 aliphatic carbocycles. The number of rotatable bonds is 6. The maximum Gasteiger partial charge on any atom is 0.272 e. The molecule has 0 bridgehead atoms. The molecule has 3 aromatic rings. The molecule has 0 aliphatic rings. The van der Waals surface area contributed by atoms with Crippen molar-refractivity contribution in [2.45, 2.75) is 0 Å². The first-order valence-corrected chi connectivity index (χ1v) is 9.92. The van der Waals surface area contributed by atoms with Crippen molar-refractivity contribution in [3.05, 3.63) is 99.3 Å². The van der Waals surface area contributed by atoms with Crippen molar-refractivity contribution in [1.29, 1.82) is 0 Å². The zero-order valence-corrected chi connectivity index (χ0v) is 17.8. The highest BCUT2D eigenvalue weighted by atomic mass is 127. The summed E-state index contributed by atoms with van der Waals surface area (Å²) in [5.74, 6) is -0.0604. The lowest BCUT2D eigenvalue weighted by atomic mass is 10.1. The van der Waals surface area contributed by atoms with Crippen molar-refractivity contribution in [3.8, 4) is 5.75 Å². The first-order chi connectivity index (χ1) is 14.0. The summed E-state index contributed by atoms with van der Waals surface area (Å²) >= 11 is 2.20. The summed E-state index contributed by atoms with van der Waals surface area (Å²) in [6.45, 7) is 0. The quantitative estimate of drug-likeness (QED) is 0.382.